The number of aliphatic carboxylic acids is 1. The summed E-state index contributed by atoms with van der Waals surface area (Å²) in [5.41, 5.74) is 4.28. The van der Waals surface area contributed by atoms with Gasteiger partial charge in [-0.15, -0.1) is 0 Å². The van der Waals surface area contributed by atoms with E-state index in [-0.39, 0.29) is 24.0 Å². The van der Waals surface area contributed by atoms with Gasteiger partial charge < -0.3 is 20.3 Å². The van der Waals surface area contributed by atoms with Gasteiger partial charge in [0.2, 0.25) is 0 Å². The molecule has 0 fully saturated rings. The number of anilines is 1. The normalized spacial score (nSPS) is 14.0. The third kappa shape index (κ3) is 4.48. The molecular weight excluding hydrogens is 440 g/mol. The molecule has 1 aliphatic rings. The maximum Gasteiger partial charge on any atom is 0.412 e. The van der Waals surface area contributed by atoms with E-state index in [2.05, 4.69) is 15.7 Å². The number of amides is 2. The fourth-order valence-corrected chi connectivity index (χ4v) is 4.04. The van der Waals surface area contributed by atoms with Crippen molar-refractivity contribution in [1.29, 1.82) is 0 Å². The van der Waals surface area contributed by atoms with E-state index < -0.39 is 30.1 Å². The number of hydrogen-bond acceptors (Lipinski definition) is 6. The Labute approximate surface area is 195 Å². The number of nitrogens with zero attached hydrogens (tertiary/aromatic N) is 2. The number of carboxylic acids is 1. The van der Waals surface area contributed by atoms with E-state index in [1.165, 1.54) is 24.7 Å². The zero-order valence-electron chi connectivity index (χ0n) is 18.6. The van der Waals surface area contributed by atoms with Crippen LogP contribution in [0, 0.1) is 0 Å². The summed E-state index contributed by atoms with van der Waals surface area (Å²) in [6, 6.07) is 15.8. The lowest BCUT2D eigenvalue weighted by molar-refractivity contribution is -0.141. The van der Waals surface area contributed by atoms with Gasteiger partial charge in [-0.1, -0.05) is 48.5 Å². The Morgan fingerprint density at radius 2 is 1.68 bits per heavy atom. The molecule has 0 aliphatic heterocycles. The highest BCUT2D eigenvalue weighted by atomic mass is 16.5. The minimum Gasteiger partial charge on any atom is -0.480 e. The fourth-order valence-electron chi connectivity index (χ4n) is 4.04. The number of aliphatic hydroxyl groups excluding tert-OH is 1. The first-order valence-electron chi connectivity index (χ1n) is 10.6. The maximum absolute atomic E-state index is 12.5. The summed E-state index contributed by atoms with van der Waals surface area (Å²) in [6.07, 6.45) is -2.02. The van der Waals surface area contributed by atoms with Crippen LogP contribution in [-0.4, -0.2) is 56.7 Å². The quantitative estimate of drug-likeness (QED) is 0.420. The Kier molecular flexibility index (Phi) is 6.33. The largest absolute Gasteiger partial charge is 0.480 e. The van der Waals surface area contributed by atoms with Crippen molar-refractivity contribution in [3.05, 3.63) is 71.4 Å². The van der Waals surface area contributed by atoms with Crippen LogP contribution in [0.25, 0.3) is 11.1 Å². The van der Waals surface area contributed by atoms with Crippen LogP contribution < -0.4 is 10.6 Å². The number of benzene rings is 2. The summed E-state index contributed by atoms with van der Waals surface area (Å²) in [7, 11) is 1.51. The minimum absolute atomic E-state index is 0.0977. The van der Waals surface area contributed by atoms with Crippen LogP contribution in [0.1, 0.15) is 34.5 Å². The number of aliphatic hydroxyl groups is 1. The van der Waals surface area contributed by atoms with Crippen molar-refractivity contribution in [2.75, 3.05) is 11.9 Å². The van der Waals surface area contributed by atoms with Crippen molar-refractivity contribution in [1.82, 2.24) is 15.1 Å². The molecule has 0 bridgehead atoms. The van der Waals surface area contributed by atoms with Gasteiger partial charge in [-0.05, 0) is 29.2 Å². The molecule has 0 spiro atoms. The van der Waals surface area contributed by atoms with Gasteiger partial charge in [0.25, 0.3) is 5.91 Å². The number of aromatic nitrogens is 2. The van der Waals surface area contributed by atoms with Crippen LogP contribution in [0.3, 0.4) is 0 Å². The number of ether oxygens (including phenoxy) is 1. The van der Waals surface area contributed by atoms with E-state index in [9.17, 15) is 19.5 Å². The first kappa shape index (κ1) is 23.0. The van der Waals surface area contributed by atoms with Gasteiger partial charge in [0.15, 0.2) is 11.7 Å². The van der Waals surface area contributed by atoms with E-state index in [0.29, 0.717) is 0 Å². The molecule has 2 unspecified atom stereocenters. The molecule has 34 heavy (non-hydrogen) atoms. The van der Waals surface area contributed by atoms with Crippen molar-refractivity contribution in [3.63, 3.8) is 0 Å². The van der Waals surface area contributed by atoms with Crippen LogP contribution in [0.2, 0.25) is 0 Å². The molecule has 2 aromatic carbocycles. The van der Waals surface area contributed by atoms with Crippen LogP contribution >= 0.6 is 0 Å². The van der Waals surface area contributed by atoms with Gasteiger partial charge in [0.1, 0.15) is 12.4 Å². The lowest BCUT2D eigenvalue weighted by Crippen LogP contribution is -2.47. The molecule has 10 nitrogen and oxygen atoms in total. The summed E-state index contributed by atoms with van der Waals surface area (Å²) in [5.74, 6) is -2.09. The lowest BCUT2D eigenvalue weighted by atomic mass is 9.98. The highest BCUT2D eigenvalue weighted by Gasteiger charge is 2.30. The summed E-state index contributed by atoms with van der Waals surface area (Å²) in [5, 5.41) is 27.4. The molecule has 3 aromatic rings. The van der Waals surface area contributed by atoms with Gasteiger partial charge in [-0.2, -0.15) is 5.10 Å². The highest BCUT2D eigenvalue weighted by molar-refractivity contribution is 5.96. The predicted molar refractivity (Wildman–Crippen MR) is 122 cm³/mol. The topological polar surface area (TPSA) is 143 Å². The van der Waals surface area contributed by atoms with Crippen molar-refractivity contribution in [2.45, 2.75) is 25.0 Å². The molecule has 1 aromatic heterocycles. The van der Waals surface area contributed by atoms with Crippen LogP contribution in [0.4, 0.5) is 10.6 Å². The lowest BCUT2D eigenvalue weighted by Gasteiger charge is -2.15. The van der Waals surface area contributed by atoms with Crippen molar-refractivity contribution in [3.8, 4) is 11.1 Å². The van der Waals surface area contributed by atoms with E-state index in [1.807, 2.05) is 48.5 Å². The SMILES string of the molecule is CC(O)C(NC(=O)c1cc(NC(=O)OCC2c3ccccc3-c3ccccc32)n(C)n1)C(=O)O. The molecule has 0 saturated heterocycles. The molecule has 2 amide bonds. The Morgan fingerprint density at radius 3 is 2.24 bits per heavy atom. The Morgan fingerprint density at radius 1 is 1.09 bits per heavy atom. The van der Waals surface area contributed by atoms with E-state index in [0.717, 1.165) is 22.3 Å². The zero-order valence-corrected chi connectivity index (χ0v) is 18.6. The van der Waals surface area contributed by atoms with Gasteiger partial charge in [0.05, 0.1) is 6.10 Å². The molecular formula is C24H24N4O6. The Balaban J connectivity index is 1.41. The molecule has 1 heterocycles. The summed E-state index contributed by atoms with van der Waals surface area (Å²) < 4.78 is 6.75. The summed E-state index contributed by atoms with van der Waals surface area (Å²) >= 11 is 0. The Bertz CT molecular complexity index is 1210. The fraction of sp³-hybridized carbons (Fsp3) is 0.250. The second kappa shape index (κ2) is 9.36. The number of carbonyl (C=O) groups excluding carboxylic acids is 2. The van der Waals surface area contributed by atoms with Crippen molar-refractivity contribution in [2.24, 2.45) is 7.05 Å². The molecule has 0 radical (unpaired) electrons. The van der Waals surface area contributed by atoms with Crippen LogP contribution in [0.5, 0.6) is 0 Å². The third-order valence-corrected chi connectivity index (χ3v) is 5.72. The molecule has 10 heteroatoms. The second-order valence-electron chi connectivity index (χ2n) is 8.02. The van der Waals surface area contributed by atoms with Gasteiger partial charge in [-0.25, -0.2) is 9.59 Å². The van der Waals surface area contributed by atoms with Crippen molar-refractivity contribution >= 4 is 23.8 Å². The number of carbonyl (C=O) groups is 3. The molecule has 4 rings (SSSR count). The van der Waals surface area contributed by atoms with Crippen molar-refractivity contribution < 1.29 is 29.3 Å². The van der Waals surface area contributed by atoms with E-state index in [4.69, 9.17) is 9.84 Å². The standard InChI is InChI=1S/C24H24N4O6/c1-13(29)21(23(31)32)26-22(30)19-11-20(28(2)27-19)25-24(33)34-12-18-16-9-5-3-7-14(16)15-8-4-6-10-17(15)18/h3-11,13,18,21,29H,12H2,1-2H3,(H,25,33)(H,26,30)(H,31,32). The number of aryl methyl sites for hydroxylation is 1. The van der Waals surface area contributed by atoms with Crippen LogP contribution in [-0.2, 0) is 16.6 Å². The Hall–Kier alpha value is -4.18. The molecule has 2 atom stereocenters. The number of rotatable bonds is 7. The summed E-state index contributed by atoms with van der Waals surface area (Å²) in [6.45, 7) is 1.38. The number of nitrogens with one attached hydrogen (secondary N) is 2. The minimum atomic E-state index is -1.49. The maximum atomic E-state index is 12.5. The third-order valence-electron chi connectivity index (χ3n) is 5.72. The number of carboxylic acid groups (broad SMARTS) is 1. The van der Waals surface area contributed by atoms with Crippen LogP contribution in [0.15, 0.2) is 54.6 Å². The van der Waals surface area contributed by atoms with Gasteiger partial charge >= 0.3 is 12.1 Å². The smallest absolute Gasteiger partial charge is 0.412 e. The van der Waals surface area contributed by atoms with Gasteiger partial charge in [-0.3, -0.25) is 14.8 Å². The molecule has 176 valence electrons. The van der Waals surface area contributed by atoms with Gasteiger partial charge in [0, 0.05) is 19.0 Å². The predicted octanol–water partition coefficient (Wildman–Crippen LogP) is 2.34. The molecule has 0 saturated carbocycles. The number of fused-ring (bicyclic) bond motifs is 3. The average molecular weight is 464 g/mol. The highest BCUT2D eigenvalue weighted by Crippen LogP contribution is 2.44. The molecule has 4 N–H and O–H groups in total. The first-order valence-corrected chi connectivity index (χ1v) is 10.6. The van der Waals surface area contributed by atoms with E-state index >= 15 is 0 Å². The number of hydrogen-bond donors (Lipinski definition) is 4. The summed E-state index contributed by atoms with van der Waals surface area (Å²) in [4.78, 5) is 36.0. The zero-order chi connectivity index (χ0) is 24.4. The monoisotopic (exact) mass is 464 g/mol. The van der Waals surface area contributed by atoms with E-state index in [1.54, 1.807) is 0 Å². The molecule has 1 aliphatic carbocycles. The average Bonchev–Trinajstić information content (AvgIpc) is 3.33. The first-order chi connectivity index (χ1) is 16.3. The second-order valence-corrected chi connectivity index (χ2v) is 8.02.